The highest BCUT2D eigenvalue weighted by Gasteiger charge is 2.28. The Kier molecular flexibility index (Phi) is 7.00. The molecular formula is C14H26N4O. The molecule has 1 rings (SSSR count). The van der Waals surface area contributed by atoms with Crippen LogP contribution >= 0.6 is 0 Å². The monoisotopic (exact) mass is 266 g/mol. The molecule has 0 radical (unpaired) electrons. The molecule has 0 atom stereocenters. The molecule has 108 valence electrons. The van der Waals surface area contributed by atoms with Gasteiger partial charge in [-0.15, -0.1) is 6.58 Å². The molecule has 0 unspecified atom stereocenters. The standard InChI is InChI=1S/C14H26N4O/c1-4-5-6-11-18(3)14(15-2)17-10-9-16-13(19)12-7-8-12/h4,12H,1,5-11H2,2-3H3,(H,15,17)(H,16,19). The van der Waals surface area contributed by atoms with Crippen molar-refractivity contribution < 1.29 is 4.79 Å². The zero-order chi connectivity index (χ0) is 14.1. The summed E-state index contributed by atoms with van der Waals surface area (Å²) in [7, 11) is 3.79. The van der Waals surface area contributed by atoms with Crippen molar-refractivity contribution in [1.29, 1.82) is 0 Å². The minimum atomic E-state index is 0.191. The van der Waals surface area contributed by atoms with E-state index >= 15 is 0 Å². The van der Waals surface area contributed by atoms with Gasteiger partial charge in [-0.2, -0.15) is 0 Å². The van der Waals surface area contributed by atoms with Crippen LogP contribution in [0.25, 0.3) is 0 Å². The number of guanidine groups is 1. The van der Waals surface area contributed by atoms with Crippen LogP contribution in [0.15, 0.2) is 17.6 Å². The second-order valence-electron chi connectivity index (χ2n) is 4.89. The van der Waals surface area contributed by atoms with Crippen LogP contribution in [0.3, 0.4) is 0 Å². The van der Waals surface area contributed by atoms with Crippen LogP contribution in [-0.2, 0) is 4.79 Å². The average Bonchev–Trinajstić information content (AvgIpc) is 3.23. The van der Waals surface area contributed by atoms with E-state index in [0.29, 0.717) is 13.1 Å². The van der Waals surface area contributed by atoms with Crippen LogP contribution in [0, 0.1) is 5.92 Å². The maximum absolute atomic E-state index is 11.4. The number of carbonyl (C=O) groups excluding carboxylic acids is 1. The van der Waals surface area contributed by atoms with Gasteiger partial charge in [0.1, 0.15) is 0 Å². The molecule has 1 aliphatic carbocycles. The van der Waals surface area contributed by atoms with E-state index in [4.69, 9.17) is 0 Å². The molecule has 0 bridgehead atoms. The van der Waals surface area contributed by atoms with Crippen LogP contribution in [0.2, 0.25) is 0 Å². The number of amides is 1. The molecule has 1 saturated carbocycles. The molecule has 5 nitrogen and oxygen atoms in total. The zero-order valence-corrected chi connectivity index (χ0v) is 12.1. The first-order valence-corrected chi connectivity index (χ1v) is 6.99. The third-order valence-electron chi connectivity index (χ3n) is 3.13. The normalized spacial score (nSPS) is 14.9. The second kappa shape index (κ2) is 8.56. The summed E-state index contributed by atoms with van der Waals surface area (Å²) in [5, 5.41) is 6.17. The summed E-state index contributed by atoms with van der Waals surface area (Å²) < 4.78 is 0. The summed E-state index contributed by atoms with van der Waals surface area (Å²) in [6.07, 6.45) is 6.11. The number of nitrogens with one attached hydrogen (secondary N) is 2. The number of hydrogen-bond donors (Lipinski definition) is 2. The maximum atomic E-state index is 11.4. The summed E-state index contributed by atoms with van der Waals surface area (Å²) in [4.78, 5) is 17.8. The minimum absolute atomic E-state index is 0.191. The summed E-state index contributed by atoms with van der Waals surface area (Å²) in [6.45, 7) is 6.01. The van der Waals surface area contributed by atoms with Gasteiger partial charge in [0, 0.05) is 39.6 Å². The topological polar surface area (TPSA) is 56.7 Å². The summed E-state index contributed by atoms with van der Waals surface area (Å²) in [5.41, 5.74) is 0. The van der Waals surface area contributed by atoms with Crippen molar-refractivity contribution in [2.24, 2.45) is 10.9 Å². The molecule has 0 aromatic heterocycles. The van der Waals surface area contributed by atoms with Crippen molar-refractivity contribution in [3.05, 3.63) is 12.7 Å². The summed E-state index contributed by atoms with van der Waals surface area (Å²) in [5.74, 6) is 1.33. The molecule has 1 amide bonds. The SMILES string of the molecule is C=CCCCN(C)C(=NC)NCCNC(=O)C1CC1. The Morgan fingerprint density at radius 2 is 2.11 bits per heavy atom. The third-order valence-corrected chi connectivity index (χ3v) is 3.13. The number of allylic oxidation sites excluding steroid dienone is 1. The Labute approximate surface area is 116 Å². The van der Waals surface area contributed by atoms with Crippen molar-refractivity contribution >= 4 is 11.9 Å². The van der Waals surface area contributed by atoms with Crippen LogP contribution in [0.1, 0.15) is 25.7 Å². The van der Waals surface area contributed by atoms with E-state index in [1.54, 1.807) is 7.05 Å². The lowest BCUT2D eigenvalue weighted by molar-refractivity contribution is -0.122. The average molecular weight is 266 g/mol. The highest BCUT2D eigenvalue weighted by atomic mass is 16.2. The fourth-order valence-electron chi connectivity index (χ4n) is 1.81. The Morgan fingerprint density at radius 3 is 2.68 bits per heavy atom. The highest BCUT2D eigenvalue weighted by Crippen LogP contribution is 2.28. The first-order chi connectivity index (χ1) is 9.19. The largest absolute Gasteiger partial charge is 0.354 e. The van der Waals surface area contributed by atoms with Gasteiger partial charge < -0.3 is 15.5 Å². The van der Waals surface area contributed by atoms with Crippen molar-refractivity contribution in [2.45, 2.75) is 25.7 Å². The van der Waals surface area contributed by atoms with Gasteiger partial charge in [-0.1, -0.05) is 6.08 Å². The van der Waals surface area contributed by atoms with Gasteiger partial charge >= 0.3 is 0 Å². The van der Waals surface area contributed by atoms with E-state index in [9.17, 15) is 4.79 Å². The van der Waals surface area contributed by atoms with Gasteiger partial charge in [0.2, 0.25) is 5.91 Å². The van der Waals surface area contributed by atoms with Crippen LogP contribution in [0.5, 0.6) is 0 Å². The van der Waals surface area contributed by atoms with E-state index in [0.717, 1.165) is 38.2 Å². The highest BCUT2D eigenvalue weighted by molar-refractivity contribution is 5.81. The predicted octanol–water partition coefficient (Wildman–Crippen LogP) is 0.986. The molecule has 0 aromatic carbocycles. The molecule has 0 heterocycles. The third kappa shape index (κ3) is 6.27. The van der Waals surface area contributed by atoms with Gasteiger partial charge in [0.25, 0.3) is 0 Å². The van der Waals surface area contributed by atoms with Crippen molar-refractivity contribution in [2.75, 3.05) is 33.7 Å². The number of nitrogens with zero attached hydrogens (tertiary/aromatic N) is 2. The molecule has 5 heteroatoms. The molecule has 0 saturated heterocycles. The minimum Gasteiger partial charge on any atom is -0.354 e. The molecule has 1 fully saturated rings. The number of carbonyl (C=O) groups is 1. The fraction of sp³-hybridized carbons (Fsp3) is 0.714. The van der Waals surface area contributed by atoms with E-state index in [1.165, 1.54) is 0 Å². The maximum Gasteiger partial charge on any atom is 0.223 e. The van der Waals surface area contributed by atoms with Crippen LogP contribution in [0.4, 0.5) is 0 Å². The Balaban J connectivity index is 2.13. The Morgan fingerprint density at radius 1 is 1.42 bits per heavy atom. The fourth-order valence-corrected chi connectivity index (χ4v) is 1.81. The van der Waals surface area contributed by atoms with E-state index in [2.05, 4.69) is 27.1 Å². The lowest BCUT2D eigenvalue weighted by Gasteiger charge is -2.21. The molecule has 0 aliphatic heterocycles. The van der Waals surface area contributed by atoms with Gasteiger partial charge in [0.15, 0.2) is 5.96 Å². The zero-order valence-electron chi connectivity index (χ0n) is 12.1. The molecule has 2 N–H and O–H groups in total. The summed E-state index contributed by atoms with van der Waals surface area (Å²) >= 11 is 0. The van der Waals surface area contributed by atoms with Crippen LogP contribution < -0.4 is 10.6 Å². The number of aliphatic imine (C=N–C) groups is 1. The van der Waals surface area contributed by atoms with Gasteiger partial charge in [-0.05, 0) is 25.7 Å². The Hall–Kier alpha value is -1.52. The first-order valence-electron chi connectivity index (χ1n) is 6.99. The molecule has 1 aliphatic rings. The van der Waals surface area contributed by atoms with Crippen LogP contribution in [-0.4, -0.2) is 50.5 Å². The van der Waals surface area contributed by atoms with Crippen molar-refractivity contribution in [3.8, 4) is 0 Å². The molecule has 19 heavy (non-hydrogen) atoms. The molecule has 0 spiro atoms. The second-order valence-corrected chi connectivity index (χ2v) is 4.89. The van der Waals surface area contributed by atoms with Crippen molar-refractivity contribution in [3.63, 3.8) is 0 Å². The number of hydrogen-bond acceptors (Lipinski definition) is 2. The number of rotatable bonds is 8. The smallest absolute Gasteiger partial charge is 0.223 e. The lowest BCUT2D eigenvalue weighted by atomic mass is 10.3. The lowest BCUT2D eigenvalue weighted by Crippen LogP contribution is -2.43. The molecule has 0 aromatic rings. The van der Waals surface area contributed by atoms with E-state index in [1.807, 2.05) is 13.1 Å². The van der Waals surface area contributed by atoms with Gasteiger partial charge in [-0.25, -0.2) is 0 Å². The van der Waals surface area contributed by atoms with Crippen molar-refractivity contribution in [1.82, 2.24) is 15.5 Å². The van der Waals surface area contributed by atoms with Gasteiger partial charge in [0.05, 0.1) is 0 Å². The van der Waals surface area contributed by atoms with Gasteiger partial charge in [-0.3, -0.25) is 9.79 Å². The van der Waals surface area contributed by atoms with E-state index < -0.39 is 0 Å². The predicted molar refractivity (Wildman–Crippen MR) is 79.2 cm³/mol. The molecular weight excluding hydrogens is 240 g/mol. The quantitative estimate of drug-likeness (QED) is 0.298. The van der Waals surface area contributed by atoms with E-state index in [-0.39, 0.29) is 11.8 Å². The Bertz CT molecular complexity index is 323. The number of unbranched alkanes of at least 4 members (excludes halogenated alkanes) is 1. The first kappa shape index (κ1) is 15.5. The summed E-state index contributed by atoms with van der Waals surface area (Å²) in [6, 6.07) is 0.